The highest BCUT2D eigenvalue weighted by Crippen LogP contribution is 2.23. The van der Waals surface area contributed by atoms with Crippen molar-refractivity contribution in [2.24, 2.45) is 0 Å². The van der Waals surface area contributed by atoms with Gasteiger partial charge in [-0.1, -0.05) is 36.4 Å². The van der Waals surface area contributed by atoms with Gasteiger partial charge in [0.1, 0.15) is 0 Å². The molecular weight excluding hydrogens is 248 g/mol. The minimum Gasteiger partial charge on any atom is -0.250 e. The molecule has 4 heteroatoms. The Balaban J connectivity index is 2.00. The number of aromatic nitrogens is 2. The second kappa shape index (κ2) is 4.98. The molecule has 0 bridgehead atoms. The van der Waals surface area contributed by atoms with Crippen LogP contribution in [0.25, 0.3) is 21.9 Å². The molecule has 20 heavy (non-hydrogen) atoms. The molecule has 0 fully saturated rings. The van der Waals surface area contributed by atoms with Gasteiger partial charge in [-0.15, -0.1) is 0 Å². The Morgan fingerprint density at radius 1 is 0.950 bits per heavy atom. The fourth-order valence-electron chi connectivity index (χ4n) is 2.06. The van der Waals surface area contributed by atoms with Gasteiger partial charge in [0.25, 0.3) is 0 Å². The summed E-state index contributed by atoms with van der Waals surface area (Å²) in [5.41, 5.74) is 2.00. The van der Waals surface area contributed by atoms with Gasteiger partial charge in [-0.3, -0.25) is 4.90 Å². The van der Waals surface area contributed by atoms with Crippen molar-refractivity contribution < 1.29 is 0 Å². The Morgan fingerprint density at radius 3 is 2.35 bits per heavy atom. The molecule has 0 spiro atoms. The molecule has 0 saturated heterocycles. The van der Waals surface area contributed by atoms with Crippen molar-refractivity contribution in [3.63, 3.8) is 0 Å². The van der Waals surface area contributed by atoms with Crippen molar-refractivity contribution in [2.45, 2.75) is 0 Å². The van der Waals surface area contributed by atoms with Crippen molar-refractivity contribution in [1.82, 2.24) is 9.97 Å². The summed E-state index contributed by atoms with van der Waals surface area (Å²) in [7, 11) is 1.63. The zero-order valence-electron chi connectivity index (χ0n) is 11.0. The average Bonchev–Trinajstić information content (AvgIpc) is 2.54. The first-order valence-electron chi connectivity index (χ1n) is 6.22. The molecule has 2 aromatic carbocycles. The second-order valence-electron chi connectivity index (χ2n) is 4.49. The summed E-state index contributed by atoms with van der Waals surface area (Å²) in [5.74, 6) is 0.400. The van der Waals surface area contributed by atoms with Gasteiger partial charge in [0.05, 0.1) is 0 Å². The lowest BCUT2D eigenvalue weighted by Gasteiger charge is -2.07. The highest BCUT2D eigenvalue weighted by atomic mass is 15.2. The Kier molecular flexibility index (Phi) is 3.02. The molecule has 0 N–H and O–H groups in total. The predicted octanol–water partition coefficient (Wildman–Crippen LogP) is 3.21. The normalized spacial score (nSPS) is 10.2. The Bertz CT molecular complexity index is 787. The van der Waals surface area contributed by atoms with Gasteiger partial charge in [0.2, 0.25) is 5.95 Å². The van der Waals surface area contributed by atoms with Crippen LogP contribution in [-0.2, 0) is 0 Å². The summed E-state index contributed by atoms with van der Waals surface area (Å²) in [5, 5.41) is 11.2. The topological polar surface area (TPSA) is 52.8 Å². The standard InChI is InChI=1S/C16H12N4/c1-20(11-17)16-18-9-15(10-19-16)14-7-6-12-4-2-3-5-13(12)8-14/h2-10H,1H3. The van der Waals surface area contributed by atoms with Crippen LogP contribution in [0.2, 0.25) is 0 Å². The third-order valence-electron chi connectivity index (χ3n) is 3.17. The average molecular weight is 260 g/mol. The number of fused-ring (bicyclic) bond motifs is 1. The van der Waals surface area contributed by atoms with E-state index in [2.05, 4.69) is 40.3 Å². The maximum Gasteiger partial charge on any atom is 0.238 e. The molecule has 1 heterocycles. The first-order chi connectivity index (χ1) is 9.78. The summed E-state index contributed by atoms with van der Waals surface area (Å²) in [6, 6.07) is 14.5. The van der Waals surface area contributed by atoms with Crippen LogP contribution in [0.1, 0.15) is 0 Å². The molecule has 0 aliphatic carbocycles. The van der Waals surface area contributed by atoms with E-state index in [-0.39, 0.29) is 0 Å². The molecule has 3 aromatic rings. The van der Waals surface area contributed by atoms with Crippen LogP contribution in [0.5, 0.6) is 0 Å². The lowest BCUT2D eigenvalue weighted by Crippen LogP contribution is -2.11. The van der Waals surface area contributed by atoms with E-state index in [4.69, 9.17) is 5.26 Å². The van der Waals surface area contributed by atoms with E-state index in [1.54, 1.807) is 19.4 Å². The van der Waals surface area contributed by atoms with Crippen molar-refractivity contribution in [2.75, 3.05) is 11.9 Å². The molecule has 0 saturated carbocycles. The van der Waals surface area contributed by atoms with E-state index in [1.807, 2.05) is 18.3 Å². The number of rotatable bonds is 2. The van der Waals surface area contributed by atoms with E-state index in [9.17, 15) is 0 Å². The van der Waals surface area contributed by atoms with Gasteiger partial charge in [0, 0.05) is 25.0 Å². The fraction of sp³-hybridized carbons (Fsp3) is 0.0625. The zero-order chi connectivity index (χ0) is 13.9. The van der Waals surface area contributed by atoms with E-state index in [1.165, 1.54) is 15.7 Å². The van der Waals surface area contributed by atoms with E-state index < -0.39 is 0 Å². The van der Waals surface area contributed by atoms with Crippen LogP contribution in [-0.4, -0.2) is 17.0 Å². The monoisotopic (exact) mass is 260 g/mol. The fourth-order valence-corrected chi connectivity index (χ4v) is 2.06. The van der Waals surface area contributed by atoms with E-state index >= 15 is 0 Å². The lowest BCUT2D eigenvalue weighted by molar-refractivity contribution is 1.05. The van der Waals surface area contributed by atoms with Crippen molar-refractivity contribution in [3.05, 3.63) is 54.9 Å². The molecule has 96 valence electrons. The molecule has 3 rings (SSSR count). The number of benzene rings is 2. The maximum atomic E-state index is 8.79. The lowest BCUT2D eigenvalue weighted by atomic mass is 10.0. The smallest absolute Gasteiger partial charge is 0.238 e. The number of hydrogen-bond donors (Lipinski definition) is 0. The number of nitrogens with zero attached hydrogens (tertiary/aromatic N) is 4. The number of hydrogen-bond acceptors (Lipinski definition) is 4. The maximum absolute atomic E-state index is 8.79. The van der Waals surface area contributed by atoms with E-state index in [0.29, 0.717) is 5.95 Å². The van der Waals surface area contributed by atoms with Crippen molar-refractivity contribution in [1.29, 1.82) is 5.26 Å². The van der Waals surface area contributed by atoms with Crippen molar-refractivity contribution >= 4 is 16.7 Å². The van der Waals surface area contributed by atoms with Crippen LogP contribution in [0.3, 0.4) is 0 Å². The summed E-state index contributed by atoms with van der Waals surface area (Å²) < 4.78 is 0. The third kappa shape index (κ3) is 2.17. The molecule has 0 atom stereocenters. The SMILES string of the molecule is CN(C#N)c1ncc(-c2ccc3ccccc3c2)cn1. The summed E-state index contributed by atoms with van der Waals surface area (Å²) in [4.78, 5) is 9.72. The molecule has 0 radical (unpaired) electrons. The molecule has 0 aliphatic rings. The summed E-state index contributed by atoms with van der Waals surface area (Å²) in [6.07, 6.45) is 5.45. The third-order valence-corrected chi connectivity index (χ3v) is 3.17. The molecule has 0 amide bonds. The largest absolute Gasteiger partial charge is 0.250 e. The van der Waals surface area contributed by atoms with Gasteiger partial charge in [-0.2, -0.15) is 5.26 Å². The van der Waals surface area contributed by atoms with Gasteiger partial charge < -0.3 is 0 Å². The summed E-state index contributed by atoms with van der Waals surface area (Å²) >= 11 is 0. The highest BCUT2D eigenvalue weighted by molar-refractivity contribution is 5.87. The molecule has 0 aliphatic heterocycles. The number of anilines is 1. The molecular formula is C16H12N4. The van der Waals surface area contributed by atoms with Crippen LogP contribution < -0.4 is 4.90 Å². The molecule has 0 unspecified atom stereocenters. The molecule has 4 nitrogen and oxygen atoms in total. The Labute approximate surface area is 116 Å². The van der Waals surface area contributed by atoms with Crippen LogP contribution >= 0.6 is 0 Å². The quantitative estimate of drug-likeness (QED) is 0.524. The summed E-state index contributed by atoms with van der Waals surface area (Å²) in [6.45, 7) is 0. The van der Waals surface area contributed by atoms with Gasteiger partial charge in [0.15, 0.2) is 6.19 Å². The first-order valence-corrected chi connectivity index (χ1v) is 6.22. The van der Waals surface area contributed by atoms with Crippen LogP contribution in [0.4, 0.5) is 5.95 Å². The molecule has 1 aromatic heterocycles. The Hall–Kier alpha value is -2.93. The second-order valence-corrected chi connectivity index (χ2v) is 4.49. The van der Waals surface area contributed by atoms with Crippen molar-refractivity contribution in [3.8, 4) is 17.3 Å². The van der Waals surface area contributed by atoms with Gasteiger partial charge >= 0.3 is 0 Å². The van der Waals surface area contributed by atoms with Crippen LogP contribution in [0, 0.1) is 11.5 Å². The first kappa shape index (κ1) is 12.1. The zero-order valence-corrected chi connectivity index (χ0v) is 11.0. The highest BCUT2D eigenvalue weighted by Gasteiger charge is 2.04. The predicted molar refractivity (Wildman–Crippen MR) is 79.0 cm³/mol. The van der Waals surface area contributed by atoms with E-state index in [0.717, 1.165) is 11.1 Å². The minimum absolute atomic E-state index is 0.400. The van der Waals surface area contributed by atoms with Crippen LogP contribution in [0.15, 0.2) is 54.9 Å². The Morgan fingerprint density at radius 2 is 1.65 bits per heavy atom. The minimum atomic E-state index is 0.400. The van der Waals surface area contributed by atoms with Gasteiger partial charge in [-0.25, -0.2) is 9.97 Å². The van der Waals surface area contributed by atoms with Gasteiger partial charge in [-0.05, 0) is 22.4 Å². The number of nitriles is 1.